The Morgan fingerprint density at radius 2 is 1.84 bits per heavy atom. The lowest BCUT2D eigenvalue weighted by Gasteiger charge is -2.51. The monoisotopic (exact) mass is 503 g/mol. The van der Waals surface area contributed by atoms with Crippen LogP contribution in [0.15, 0.2) is 48.8 Å². The molecule has 0 bridgehead atoms. The molecule has 1 aliphatic heterocycles. The molecule has 0 unspecified atom stereocenters. The van der Waals surface area contributed by atoms with Crippen LogP contribution in [0.3, 0.4) is 0 Å². The van der Waals surface area contributed by atoms with Gasteiger partial charge in [0.1, 0.15) is 6.54 Å². The molecule has 7 heteroatoms. The van der Waals surface area contributed by atoms with Crippen molar-refractivity contribution in [3.8, 4) is 0 Å². The largest absolute Gasteiger partial charge is 0.324 e. The molecule has 1 N–H and O–H groups in total. The minimum atomic E-state index is -0.202. The minimum Gasteiger partial charge on any atom is -0.324 e. The summed E-state index contributed by atoms with van der Waals surface area (Å²) in [5, 5.41) is 3.03. The van der Waals surface area contributed by atoms with E-state index in [9.17, 15) is 9.59 Å². The lowest BCUT2D eigenvalue weighted by atomic mass is 9.68. The lowest BCUT2D eigenvalue weighted by Crippen LogP contribution is -2.56. The molecule has 0 atom stereocenters. The molecule has 2 aromatic rings. The molecule has 0 radical (unpaired) electrons. The number of anilines is 1. The minimum absolute atomic E-state index is 0.0274. The summed E-state index contributed by atoms with van der Waals surface area (Å²) in [6.45, 7) is 3.58. The highest BCUT2D eigenvalue weighted by Gasteiger charge is 2.55. The van der Waals surface area contributed by atoms with Gasteiger partial charge in [-0.3, -0.25) is 14.7 Å². The first kappa shape index (κ1) is 25.7. The van der Waals surface area contributed by atoms with Crippen LogP contribution in [0.4, 0.5) is 10.5 Å². The molecule has 3 aliphatic rings. The molecule has 1 aromatic carbocycles. The molecule has 37 heavy (non-hydrogen) atoms. The van der Waals surface area contributed by atoms with Crippen LogP contribution in [0, 0.1) is 5.92 Å². The van der Waals surface area contributed by atoms with E-state index < -0.39 is 0 Å². The molecule has 3 amide bonds. The molecule has 198 valence electrons. The second kappa shape index (κ2) is 10.4. The van der Waals surface area contributed by atoms with E-state index >= 15 is 0 Å². The lowest BCUT2D eigenvalue weighted by molar-refractivity contribution is -0.116. The summed E-state index contributed by atoms with van der Waals surface area (Å²) < 4.78 is 0. The van der Waals surface area contributed by atoms with Crippen LogP contribution in [0.2, 0.25) is 0 Å². The predicted octanol–water partition coefficient (Wildman–Crippen LogP) is 4.89. The van der Waals surface area contributed by atoms with E-state index in [1.807, 2.05) is 13.0 Å². The van der Waals surface area contributed by atoms with Gasteiger partial charge < -0.3 is 15.1 Å². The van der Waals surface area contributed by atoms with Gasteiger partial charge in [-0.1, -0.05) is 43.7 Å². The number of hydrogen-bond acceptors (Lipinski definition) is 4. The topological polar surface area (TPSA) is 68.8 Å². The molecule has 2 saturated carbocycles. The van der Waals surface area contributed by atoms with Crippen LogP contribution in [0.1, 0.15) is 63.0 Å². The molecule has 1 saturated heterocycles. The third kappa shape index (κ3) is 4.86. The van der Waals surface area contributed by atoms with Gasteiger partial charge in [0.25, 0.3) is 0 Å². The Morgan fingerprint density at radius 3 is 2.46 bits per heavy atom. The zero-order valence-corrected chi connectivity index (χ0v) is 22.6. The summed E-state index contributed by atoms with van der Waals surface area (Å²) in [6, 6.07) is 12.7. The highest BCUT2D eigenvalue weighted by molar-refractivity contribution is 5.95. The first-order valence-electron chi connectivity index (χ1n) is 13.9. The number of carbonyl (C=O) groups is 2. The van der Waals surface area contributed by atoms with Gasteiger partial charge in [-0.2, -0.15) is 0 Å². The second-order valence-electron chi connectivity index (χ2n) is 11.5. The number of pyridine rings is 1. The first-order valence-corrected chi connectivity index (χ1v) is 13.9. The summed E-state index contributed by atoms with van der Waals surface area (Å²) in [7, 11) is 4.36. The van der Waals surface area contributed by atoms with Crippen molar-refractivity contribution >= 4 is 17.6 Å². The van der Waals surface area contributed by atoms with Crippen molar-refractivity contribution in [2.75, 3.05) is 39.0 Å². The third-order valence-electron chi connectivity index (χ3n) is 9.29. The number of carbonyl (C=O) groups excluding carboxylic acids is 2. The van der Waals surface area contributed by atoms with Gasteiger partial charge in [-0.05, 0) is 82.2 Å². The van der Waals surface area contributed by atoms with Gasteiger partial charge in [-0.15, -0.1) is 0 Å². The Morgan fingerprint density at radius 1 is 1.11 bits per heavy atom. The van der Waals surface area contributed by atoms with E-state index in [4.69, 9.17) is 0 Å². The van der Waals surface area contributed by atoms with Crippen LogP contribution in [0.5, 0.6) is 0 Å². The van der Waals surface area contributed by atoms with E-state index in [2.05, 4.69) is 64.5 Å². The highest BCUT2D eigenvalue weighted by atomic mass is 16.2. The molecular formula is C30H41N5O2. The maximum Gasteiger partial charge on any atom is 0.321 e. The van der Waals surface area contributed by atoms with Gasteiger partial charge >= 0.3 is 6.03 Å². The average Bonchev–Trinajstić information content (AvgIpc) is 3.12. The maximum atomic E-state index is 13.8. The molecule has 3 fully saturated rings. The molecule has 2 heterocycles. The van der Waals surface area contributed by atoms with Crippen molar-refractivity contribution < 1.29 is 9.59 Å². The number of benzene rings is 1. The van der Waals surface area contributed by atoms with E-state index in [1.54, 1.807) is 17.3 Å². The zero-order chi connectivity index (χ0) is 26.0. The number of urea groups is 1. The van der Waals surface area contributed by atoms with E-state index in [0.29, 0.717) is 12.5 Å². The zero-order valence-electron chi connectivity index (χ0n) is 22.6. The van der Waals surface area contributed by atoms with Gasteiger partial charge in [0.15, 0.2) is 0 Å². The Hall–Kier alpha value is -2.93. The Bertz CT molecular complexity index is 1110. The Labute approximate surface area is 221 Å². The Kier molecular flexibility index (Phi) is 7.26. The molecule has 5 rings (SSSR count). The highest BCUT2D eigenvalue weighted by Crippen LogP contribution is 2.49. The number of hydrogen-bond donors (Lipinski definition) is 1. The fraction of sp³-hybridized carbons (Fsp3) is 0.567. The van der Waals surface area contributed by atoms with Crippen LogP contribution >= 0.6 is 0 Å². The standard InChI is InChI=1S/C30H41N5O2/c1-4-24-19-31-18-13-26(24)32-27(36)21-34-22-29(35(28(34)37)20-23-9-8-10-23)14-16-30(17-15-29,33(2)3)25-11-6-5-7-12-25/h5-7,11-13,18-19,23H,4,8-10,14-17,20-22H2,1-3H3,(H,31,32,36). The molecule has 1 spiro atoms. The number of aromatic nitrogens is 1. The van der Waals surface area contributed by atoms with Gasteiger partial charge in [-0.25, -0.2) is 4.79 Å². The SMILES string of the molecule is CCc1cnccc1NC(=O)CN1CC2(CCC(c3ccccc3)(N(C)C)CC2)N(CC2CCC2)C1=O. The fourth-order valence-corrected chi connectivity index (χ4v) is 6.70. The van der Waals surface area contributed by atoms with Crippen molar-refractivity contribution in [1.29, 1.82) is 0 Å². The third-order valence-corrected chi connectivity index (χ3v) is 9.29. The molecule has 1 aromatic heterocycles. The quantitative estimate of drug-likeness (QED) is 0.557. The van der Waals surface area contributed by atoms with Crippen LogP contribution in [0.25, 0.3) is 0 Å². The molecule has 7 nitrogen and oxygen atoms in total. The molecular weight excluding hydrogens is 462 g/mol. The number of nitrogens with zero attached hydrogens (tertiary/aromatic N) is 4. The molecule has 2 aliphatic carbocycles. The van der Waals surface area contributed by atoms with E-state index in [1.165, 1.54) is 24.8 Å². The summed E-state index contributed by atoms with van der Waals surface area (Å²) in [4.78, 5) is 37.4. The van der Waals surface area contributed by atoms with Gasteiger partial charge in [0, 0.05) is 36.7 Å². The van der Waals surface area contributed by atoms with Crippen molar-refractivity contribution in [3.05, 3.63) is 59.9 Å². The van der Waals surface area contributed by atoms with Crippen LogP contribution in [-0.2, 0) is 16.8 Å². The van der Waals surface area contributed by atoms with E-state index in [0.717, 1.165) is 49.9 Å². The van der Waals surface area contributed by atoms with Gasteiger partial charge in [0.2, 0.25) is 5.91 Å². The fourth-order valence-electron chi connectivity index (χ4n) is 6.70. The number of nitrogens with one attached hydrogen (secondary N) is 1. The second-order valence-corrected chi connectivity index (χ2v) is 11.5. The van der Waals surface area contributed by atoms with Crippen LogP contribution in [-0.4, -0.2) is 70.9 Å². The normalized spacial score (nSPS) is 26.1. The number of aryl methyl sites for hydroxylation is 1. The predicted molar refractivity (Wildman–Crippen MR) is 146 cm³/mol. The smallest absolute Gasteiger partial charge is 0.321 e. The number of rotatable bonds is 8. The average molecular weight is 504 g/mol. The van der Waals surface area contributed by atoms with Crippen LogP contribution < -0.4 is 5.32 Å². The van der Waals surface area contributed by atoms with Gasteiger partial charge in [0.05, 0.1) is 5.54 Å². The summed E-state index contributed by atoms with van der Waals surface area (Å²) in [6.07, 6.45) is 11.8. The first-order chi connectivity index (χ1) is 17.9. The van der Waals surface area contributed by atoms with E-state index in [-0.39, 0.29) is 29.6 Å². The van der Waals surface area contributed by atoms with Crippen molar-refractivity contribution in [2.45, 2.75) is 69.4 Å². The maximum absolute atomic E-state index is 13.8. The summed E-state index contributed by atoms with van der Waals surface area (Å²) in [5.41, 5.74) is 2.91. The van der Waals surface area contributed by atoms with Crippen molar-refractivity contribution in [2.24, 2.45) is 5.92 Å². The van der Waals surface area contributed by atoms with Crippen molar-refractivity contribution in [3.63, 3.8) is 0 Å². The Balaban J connectivity index is 1.34. The van der Waals surface area contributed by atoms with Crippen molar-refractivity contribution in [1.82, 2.24) is 19.7 Å². The summed E-state index contributed by atoms with van der Waals surface area (Å²) >= 11 is 0. The number of amides is 3. The summed E-state index contributed by atoms with van der Waals surface area (Å²) in [5.74, 6) is 0.450.